The molecule has 0 aromatic heterocycles. The van der Waals surface area contributed by atoms with Gasteiger partial charge < -0.3 is 0 Å². The molecule has 1 heterocycles. The lowest BCUT2D eigenvalue weighted by Crippen LogP contribution is -2.35. The highest BCUT2D eigenvalue weighted by Gasteiger charge is 2.22. The Bertz CT molecular complexity index is 734. The van der Waals surface area contributed by atoms with E-state index in [4.69, 9.17) is 11.6 Å². The van der Waals surface area contributed by atoms with Crippen molar-refractivity contribution in [2.75, 3.05) is 13.1 Å². The number of hydrogen-bond donors (Lipinski definition) is 0. The minimum absolute atomic E-state index is 0.173. The number of halogens is 2. The van der Waals surface area contributed by atoms with Gasteiger partial charge in [0.05, 0.1) is 5.02 Å². The van der Waals surface area contributed by atoms with Gasteiger partial charge in [0.2, 0.25) is 0 Å². The van der Waals surface area contributed by atoms with Gasteiger partial charge in [-0.1, -0.05) is 48.0 Å². The molecule has 1 aliphatic rings. The van der Waals surface area contributed by atoms with Crippen molar-refractivity contribution in [3.8, 4) is 0 Å². The monoisotopic (exact) mass is 373 g/mol. The first-order valence-corrected chi connectivity index (χ1v) is 9.70. The Hall–Kier alpha value is -1.71. The SMILES string of the molecule is O=C(CCc1ccccc1)CC1CCCN(Cc2ccc(F)c(Cl)c2)C1. The maximum atomic E-state index is 13.3. The van der Waals surface area contributed by atoms with Gasteiger partial charge in [-0.15, -0.1) is 0 Å². The average molecular weight is 374 g/mol. The molecule has 0 saturated carbocycles. The van der Waals surface area contributed by atoms with E-state index in [2.05, 4.69) is 17.0 Å². The molecule has 4 heteroatoms. The standard InChI is InChI=1S/C22H25ClFNO/c23-21-14-19(9-11-22(21)24)16-25-12-4-7-18(15-25)13-20(26)10-8-17-5-2-1-3-6-17/h1-3,5-6,9,11,14,18H,4,7-8,10,12-13,15-16H2. The summed E-state index contributed by atoms with van der Waals surface area (Å²) in [6.07, 6.45) is 4.31. The molecule has 0 spiro atoms. The maximum absolute atomic E-state index is 13.3. The van der Waals surface area contributed by atoms with Crippen LogP contribution < -0.4 is 0 Å². The molecule has 2 nitrogen and oxygen atoms in total. The number of benzene rings is 2. The van der Waals surface area contributed by atoms with Gasteiger partial charge in [0, 0.05) is 25.9 Å². The van der Waals surface area contributed by atoms with Gasteiger partial charge in [0.1, 0.15) is 11.6 Å². The van der Waals surface area contributed by atoms with Crippen LogP contribution >= 0.6 is 11.6 Å². The van der Waals surface area contributed by atoms with Gasteiger partial charge in [-0.25, -0.2) is 4.39 Å². The van der Waals surface area contributed by atoms with Crippen LogP contribution in [-0.2, 0) is 17.8 Å². The summed E-state index contributed by atoms with van der Waals surface area (Å²) in [5.41, 5.74) is 2.24. The number of hydrogen-bond acceptors (Lipinski definition) is 2. The molecule has 1 saturated heterocycles. The zero-order valence-electron chi connectivity index (χ0n) is 15.0. The van der Waals surface area contributed by atoms with Crippen molar-refractivity contribution in [2.24, 2.45) is 5.92 Å². The molecule has 0 radical (unpaired) electrons. The Morgan fingerprint density at radius 2 is 1.96 bits per heavy atom. The number of carbonyl (C=O) groups excluding carboxylic acids is 1. The predicted octanol–water partition coefficient (Wildman–Crippen LogP) is 5.28. The van der Waals surface area contributed by atoms with E-state index >= 15 is 0 Å². The molecule has 0 bridgehead atoms. The Balaban J connectivity index is 1.47. The van der Waals surface area contributed by atoms with E-state index in [0.29, 0.717) is 24.5 Å². The lowest BCUT2D eigenvalue weighted by Gasteiger charge is -2.32. The first-order valence-electron chi connectivity index (χ1n) is 9.32. The largest absolute Gasteiger partial charge is 0.300 e. The van der Waals surface area contributed by atoms with E-state index < -0.39 is 0 Å². The van der Waals surface area contributed by atoms with E-state index in [-0.39, 0.29) is 10.8 Å². The van der Waals surface area contributed by atoms with E-state index in [9.17, 15) is 9.18 Å². The average Bonchev–Trinajstić information content (AvgIpc) is 2.64. The number of piperidine rings is 1. The summed E-state index contributed by atoms with van der Waals surface area (Å²) in [5, 5.41) is 0.173. The van der Waals surface area contributed by atoms with Crippen LogP contribution in [0.5, 0.6) is 0 Å². The second-order valence-electron chi connectivity index (χ2n) is 7.22. The minimum atomic E-state index is -0.379. The van der Waals surface area contributed by atoms with Gasteiger partial charge in [0.25, 0.3) is 0 Å². The number of carbonyl (C=O) groups is 1. The molecule has 1 unspecified atom stereocenters. The molecule has 2 aromatic rings. The first kappa shape index (κ1) is 19.1. The van der Waals surface area contributed by atoms with Crippen LogP contribution in [0, 0.1) is 11.7 Å². The van der Waals surface area contributed by atoms with Crippen molar-refractivity contribution in [1.29, 1.82) is 0 Å². The second-order valence-corrected chi connectivity index (χ2v) is 7.63. The smallest absolute Gasteiger partial charge is 0.141 e. The van der Waals surface area contributed by atoms with Gasteiger partial charge in [-0.05, 0) is 55.0 Å². The summed E-state index contributed by atoms with van der Waals surface area (Å²) >= 11 is 5.88. The predicted molar refractivity (Wildman–Crippen MR) is 104 cm³/mol. The number of nitrogens with zero attached hydrogens (tertiary/aromatic N) is 1. The third-order valence-corrected chi connectivity index (χ3v) is 5.33. The van der Waals surface area contributed by atoms with Crippen molar-refractivity contribution >= 4 is 17.4 Å². The van der Waals surface area contributed by atoms with Gasteiger partial charge in [-0.3, -0.25) is 9.69 Å². The van der Waals surface area contributed by atoms with Gasteiger partial charge in [-0.2, -0.15) is 0 Å². The molecule has 0 N–H and O–H groups in total. The summed E-state index contributed by atoms with van der Waals surface area (Å²) in [5.74, 6) is 0.393. The molecular weight excluding hydrogens is 349 g/mol. The Morgan fingerprint density at radius 3 is 2.73 bits per heavy atom. The lowest BCUT2D eigenvalue weighted by atomic mass is 9.91. The summed E-state index contributed by atoms with van der Waals surface area (Å²) in [6, 6.07) is 15.1. The summed E-state index contributed by atoms with van der Waals surface area (Å²) < 4.78 is 13.3. The highest BCUT2D eigenvalue weighted by molar-refractivity contribution is 6.30. The number of likely N-dealkylation sites (tertiary alicyclic amines) is 1. The topological polar surface area (TPSA) is 20.3 Å². The summed E-state index contributed by atoms with van der Waals surface area (Å²) in [7, 11) is 0. The van der Waals surface area contributed by atoms with E-state index in [1.54, 1.807) is 12.1 Å². The lowest BCUT2D eigenvalue weighted by molar-refractivity contribution is -0.120. The Kier molecular flexibility index (Phi) is 6.81. The van der Waals surface area contributed by atoms with E-state index in [1.165, 1.54) is 11.6 Å². The fraction of sp³-hybridized carbons (Fsp3) is 0.409. The van der Waals surface area contributed by atoms with Crippen LogP contribution in [0.2, 0.25) is 5.02 Å². The minimum Gasteiger partial charge on any atom is -0.300 e. The van der Waals surface area contributed by atoms with E-state index in [1.807, 2.05) is 18.2 Å². The van der Waals surface area contributed by atoms with Crippen LogP contribution in [0.4, 0.5) is 4.39 Å². The summed E-state index contributed by atoms with van der Waals surface area (Å²) in [6.45, 7) is 2.70. The van der Waals surface area contributed by atoms with Crippen LogP contribution in [0.3, 0.4) is 0 Å². The third kappa shape index (κ3) is 5.65. The molecule has 1 atom stereocenters. The Labute approximate surface area is 160 Å². The molecule has 0 aliphatic carbocycles. The maximum Gasteiger partial charge on any atom is 0.141 e. The van der Waals surface area contributed by atoms with Crippen molar-refractivity contribution in [2.45, 2.75) is 38.6 Å². The van der Waals surface area contributed by atoms with Crippen LogP contribution in [0.25, 0.3) is 0 Å². The molecule has 1 fully saturated rings. The molecular formula is C22H25ClFNO. The van der Waals surface area contributed by atoms with Crippen LogP contribution in [0.15, 0.2) is 48.5 Å². The highest BCUT2D eigenvalue weighted by atomic mass is 35.5. The first-order chi connectivity index (χ1) is 12.6. The Morgan fingerprint density at radius 1 is 1.15 bits per heavy atom. The fourth-order valence-corrected chi connectivity index (χ4v) is 3.91. The zero-order chi connectivity index (χ0) is 18.4. The number of aryl methyl sites for hydroxylation is 1. The molecule has 1 aliphatic heterocycles. The molecule has 138 valence electrons. The normalized spacial score (nSPS) is 18.0. The molecule has 2 aromatic carbocycles. The van der Waals surface area contributed by atoms with Crippen molar-refractivity contribution in [3.63, 3.8) is 0 Å². The van der Waals surface area contributed by atoms with Crippen LogP contribution in [-0.4, -0.2) is 23.8 Å². The van der Waals surface area contributed by atoms with Crippen LogP contribution in [0.1, 0.15) is 36.8 Å². The number of ketones is 1. The van der Waals surface area contributed by atoms with Crippen molar-refractivity contribution < 1.29 is 9.18 Å². The highest BCUT2D eigenvalue weighted by Crippen LogP contribution is 2.24. The number of Topliss-reactive ketones (excluding diaryl/α,β-unsaturated/α-hetero) is 1. The van der Waals surface area contributed by atoms with Crippen molar-refractivity contribution in [1.82, 2.24) is 4.90 Å². The van der Waals surface area contributed by atoms with Gasteiger partial charge in [0.15, 0.2) is 0 Å². The fourth-order valence-electron chi connectivity index (χ4n) is 3.71. The molecule has 26 heavy (non-hydrogen) atoms. The van der Waals surface area contributed by atoms with Crippen molar-refractivity contribution in [3.05, 3.63) is 70.5 Å². The molecule has 0 amide bonds. The van der Waals surface area contributed by atoms with Gasteiger partial charge >= 0.3 is 0 Å². The second kappa shape index (κ2) is 9.29. The number of rotatable bonds is 7. The summed E-state index contributed by atoms with van der Waals surface area (Å²) in [4.78, 5) is 14.7. The quantitative estimate of drug-likeness (QED) is 0.657. The van der Waals surface area contributed by atoms with E-state index in [0.717, 1.165) is 44.5 Å². The molecule has 3 rings (SSSR count). The zero-order valence-corrected chi connectivity index (χ0v) is 15.7. The third-order valence-electron chi connectivity index (χ3n) is 5.04.